The first-order chi connectivity index (χ1) is 14.2. The van der Waals surface area contributed by atoms with Gasteiger partial charge in [-0.1, -0.05) is 89.6 Å². The predicted molar refractivity (Wildman–Crippen MR) is 129 cm³/mol. The average Bonchev–Trinajstić information content (AvgIpc) is 3.18. The lowest BCUT2D eigenvalue weighted by Gasteiger charge is -2.24. The second-order valence-electron chi connectivity index (χ2n) is 8.39. The van der Waals surface area contributed by atoms with Crippen LogP contribution in [0.3, 0.4) is 0 Å². The Labute approximate surface area is 193 Å². The van der Waals surface area contributed by atoms with Gasteiger partial charge in [0.2, 0.25) is 0 Å². The molecule has 0 aliphatic carbocycles. The third kappa shape index (κ3) is 10.7. The molecule has 172 valence electrons. The van der Waals surface area contributed by atoms with E-state index in [0.717, 1.165) is 17.9 Å². The molecule has 0 bridgehead atoms. The molecule has 7 heteroatoms. The summed E-state index contributed by atoms with van der Waals surface area (Å²) in [5.74, 6) is 2.89. The van der Waals surface area contributed by atoms with Crippen molar-refractivity contribution in [3.63, 3.8) is 0 Å². The molecule has 0 saturated heterocycles. The normalized spacial score (nSPS) is 16.0. The Morgan fingerprint density at radius 3 is 2.17 bits per heavy atom. The first kappa shape index (κ1) is 27.5. The summed E-state index contributed by atoms with van der Waals surface area (Å²) in [6.45, 7) is 10.8. The summed E-state index contributed by atoms with van der Waals surface area (Å²) in [6.07, 6.45) is 9.93. The zero-order valence-corrected chi connectivity index (χ0v) is 21.2. The summed E-state index contributed by atoms with van der Waals surface area (Å²) in [5.41, 5.74) is 2.38. The molecule has 4 nitrogen and oxygen atoms in total. The van der Waals surface area contributed by atoms with E-state index in [0.29, 0.717) is 5.02 Å². The van der Waals surface area contributed by atoms with Crippen molar-refractivity contribution in [2.45, 2.75) is 83.6 Å². The Morgan fingerprint density at radius 1 is 1.07 bits per heavy atom. The van der Waals surface area contributed by atoms with E-state index in [-0.39, 0.29) is 4.90 Å². The van der Waals surface area contributed by atoms with Crippen LogP contribution in [0.25, 0.3) is 0 Å². The molecule has 1 aliphatic heterocycles. The van der Waals surface area contributed by atoms with Gasteiger partial charge >= 0.3 is 0 Å². The van der Waals surface area contributed by atoms with Gasteiger partial charge in [-0.05, 0) is 30.7 Å². The fourth-order valence-electron chi connectivity index (χ4n) is 3.96. The highest BCUT2D eigenvalue weighted by atomic mass is 35.5. The number of benzene rings is 1. The van der Waals surface area contributed by atoms with E-state index in [1.165, 1.54) is 81.5 Å². The van der Waals surface area contributed by atoms with Crippen molar-refractivity contribution in [2.24, 2.45) is 11.8 Å². The minimum atomic E-state index is -4.33. The number of hydrogen-bond donors (Lipinski definition) is 0. The van der Waals surface area contributed by atoms with Crippen LogP contribution in [-0.2, 0) is 10.1 Å². The number of unbranched alkanes of at least 4 members (excludes halogenated alkanes) is 5. The van der Waals surface area contributed by atoms with Crippen LogP contribution in [0.5, 0.6) is 0 Å². The first-order valence-electron chi connectivity index (χ1n) is 11.1. The Balaban J connectivity index is 0.000000346. The van der Waals surface area contributed by atoms with Crippen LogP contribution in [0, 0.1) is 11.8 Å². The van der Waals surface area contributed by atoms with Crippen molar-refractivity contribution < 1.29 is 17.5 Å². The molecule has 0 radical (unpaired) electrons. The molecule has 1 aliphatic rings. The zero-order chi connectivity index (χ0) is 22.6. The topological polar surface area (TPSA) is 60.2 Å². The van der Waals surface area contributed by atoms with Gasteiger partial charge in [0.25, 0.3) is 0 Å². The standard InChI is InChI=1S/C17H34NS.C6H5ClO3S/c1-5-6-7-8-9-10-11-16(4)17(15(2)3)18-12-13-19-14-18;7-5-1-3-6(4-2-5)11(8,9)10/h14-17H,5-13H2,1-4H3;1-4H,(H,8,9,10)/q+1;/p-1. The monoisotopic (exact) mass is 475 g/mol. The van der Waals surface area contributed by atoms with Gasteiger partial charge in [-0.3, -0.25) is 0 Å². The largest absolute Gasteiger partial charge is 0.744 e. The molecular weight excluding hydrogens is 438 g/mol. The molecule has 2 rings (SSSR count). The van der Waals surface area contributed by atoms with Crippen LogP contribution < -0.4 is 0 Å². The molecule has 0 spiro atoms. The van der Waals surface area contributed by atoms with Crippen molar-refractivity contribution in [1.82, 2.24) is 0 Å². The van der Waals surface area contributed by atoms with Gasteiger partial charge in [0.05, 0.1) is 10.6 Å². The molecule has 0 N–H and O–H groups in total. The van der Waals surface area contributed by atoms with E-state index < -0.39 is 10.1 Å². The van der Waals surface area contributed by atoms with Gasteiger partial charge in [0, 0.05) is 16.9 Å². The van der Waals surface area contributed by atoms with E-state index in [4.69, 9.17) is 11.6 Å². The summed E-state index contributed by atoms with van der Waals surface area (Å²) in [6, 6.07) is 5.80. The summed E-state index contributed by atoms with van der Waals surface area (Å²) in [5, 5.41) is 0.400. The molecular formula is C23H38ClNO3S2. The first-order valence-corrected chi connectivity index (χ1v) is 13.9. The second-order valence-corrected chi connectivity index (χ2v) is 11.2. The second kappa shape index (κ2) is 14.5. The van der Waals surface area contributed by atoms with Gasteiger partial charge < -0.3 is 4.55 Å². The van der Waals surface area contributed by atoms with E-state index in [9.17, 15) is 13.0 Å². The maximum absolute atomic E-state index is 10.3. The number of thioether (sulfide) groups is 1. The maximum Gasteiger partial charge on any atom is 0.198 e. The van der Waals surface area contributed by atoms with Crippen LogP contribution in [0.15, 0.2) is 29.2 Å². The minimum Gasteiger partial charge on any atom is -0.744 e. The lowest BCUT2D eigenvalue weighted by molar-refractivity contribution is -0.569. The SMILES string of the molecule is CCCCCCCCC(C)C(C(C)C)[N+]1=CSCC1.O=S(=O)([O-])c1ccc(Cl)cc1. The molecule has 0 amide bonds. The van der Waals surface area contributed by atoms with Gasteiger partial charge in [-0.2, -0.15) is 0 Å². The summed E-state index contributed by atoms with van der Waals surface area (Å²) in [7, 11) is -4.33. The summed E-state index contributed by atoms with van der Waals surface area (Å²) < 4.78 is 33.6. The van der Waals surface area contributed by atoms with Crippen molar-refractivity contribution in [2.75, 3.05) is 12.3 Å². The fourth-order valence-corrected chi connectivity index (χ4v) is 5.42. The molecule has 2 unspecified atom stereocenters. The Morgan fingerprint density at radius 2 is 1.67 bits per heavy atom. The predicted octanol–water partition coefficient (Wildman–Crippen LogP) is 6.43. The molecule has 0 fully saturated rings. The fraction of sp³-hybridized carbons (Fsp3) is 0.696. The highest BCUT2D eigenvalue weighted by Crippen LogP contribution is 2.24. The smallest absolute Gasteiger partial charge is 0.198 e. The van der Waals surface area contributed by atoms with Crippen molar-refractivity contribution >= 4 is 39.0 Å². The molecule has 1 aromatic rings. The lowest BCUT2D eigenvalue weighted by atomic mass is 9.87. The Kier molecular flexibility index (Phi) is 13.3. The van der Waals surface area contributed by atoms with E-state index in [1.807, 2.05) is 11.8 Å². The van der Waals surface area contributed by atoms with Crippen LogP contribution in [0.1, 0.15) is 72.6 Å². The van der Waals surface area contributed by atoms with E-state index >= 15 is 0 Å². The average molecular weight is 476 g/mol. The van der Waals surface area contributed by atoms with E-state index in [1.54, 1.807) is 0 Å². The number of halogens is 1. The third-order valence-electron chi connectivity index (χ3n) is 5.44. The van der Waals surface area contributed by atoms with Gasteiger partial charge in [-0.15, -0.1) is 0 Å². The number of nitrogens with zero attached hydrogens (tertiary/aromatic N) is 1. The highest BCUT2D eigenvalue weighted by Gasteiger charge is 2.32. The summed E-state index contributed by atoms with van der Waals surface area (Å²) in [4.78, 5) is -0.262. The highest BCUT2D eigenvalue weighted by molar-refractivity contribution is 8.12. The zero-order valence-electron chi connectivity index (χ0n) is 18.8. The lowest BCUT2D eigenvalue weighted by Crippen LogP contribution is -2.36. The molecule has 1 aromatic carbocycles. The summed E-state index contributed by atoms with van der Waals surface area (Å²) >= 11 is 7.45. The molecule has 30 heavy (non-hydrogen) atoms. The Hall–Kier alpha value is -0.560. The molecule has 2 atom stereocenters. The van der Waals surface area contributed by atoms with E-state index in [2.05, 4.69) is 37.8 Å². The van der Waals surface area contributed by atoms with Crippen LogP contribution in [0.2, 0.25) is 5.02 Å². The van der Waals surface area contributed by atoms with Crippen molar-refractivity contribution in [1.29, 1.82) is 0 Å². The van der Waals surface area contributed by atoms with Crippen molar-refractivity contribution in [3.05, 3.63) is 29.3 Å². The van der Waals surface area contributed by atoms with Gasteiger partial charge in [0.15, 0.2) is 18.1 Å². The van der Waals surface area contributed by atoms with Crippen LogP contribution in [0.4, 0.5) is 0 Å². The van der Waals surface area contributed by atoms with Gasteiger partial charge in [0.1, 0.15) is 10.1 Å². The van der Waals surface area contributed by atoms with Crippen LogP contribution in [-0.4, -0.2) is 41.4 Å². The number of hydrogen-bond acceptors (Lipinski definition) is 4. The molecule has 0 saturated carbocycles. The molecule has 0 aromatic heterocycles. The van der Waals surface area contributed by atoms with Crippen molar-refractivity contribution in [3.8, 4) is 0 Å². The van der Waals surface area contributed by atoms with Gasteiger partial charge in [-0.25, -0.2) is 13.0 Å². The Bertz CT molecular complexity index is 733. The third-order valence-corrected chi connectivity index (χ3v) is 7.38. The quantitative estimate of drug-likeness (QED) is 0.210. The maximum atomic E-state index is 10.3. The molecule has 1 heterocycles. The number of rotatable bonds is 11. The minimum absolute atomic E-state index is 0.262. The van der Waals surface area contributed by atoms with Crippen LogP contribution >= 0.6 is 23.4 Å².